The van der Waals surface area contributed by atoms with Crippen LogP contribution in [-0.2, 0) is 28.6 Å². The molecule has 0 aromatic heterocycles. The van der Waals surface area contributed by atoms with Gasteiger partial charge in [-0.2, -0.15) is 0 Å². The minimum Gasteiger partial charge on any atom is -0.464 e. The van der Waals surface area contributed by atoms with E-state index in [4.69, 9.17) is 14.2 Å². The molecule has 4 rings (SSSR count). The standard InChI is InChI=1S/C27H37FO7/c1-16(29)11-24(32)34-14-22(31)20-8-7-18-19-6-5-17-12-21(30)23(35-15-33-4)13-26(17,3)27(19,28)10-9-25(18,20)2/h12-13,16,18-20,29H,5-11,14-15H2,1-4H3/t16?,18-,19-,20+,25-,26-,27+/m0/s1. The lowest BCUT2D eigenvalue weighted by Crippen LogP contribution is -2.60. The third kappa shape index (κ3) is 4.26. The van der Waals surface area contributed by atoms with E-state index < -0.39 is 23.2 Å². The van der Waals surface area contributed by atoms with Crippen molar-refractivity contribution < 1.29 is 38.1 Å². The number of hydrogen-bond donors (Lipinski definition) is 1. The van der Waals surface area contributed by atoms with Gasteiger partial charge in [-0.25, -0.2) is 4.39 Å². The summed E-state index contributed by atoms with van der Waals surface area (Å²) in [4.78, 5) is 37.4. The first-order valence-electron chi connectivity index (χ1n) is 12.6. The molecule has 3 fully saturated rings. The SMILES string of the molecule is COCOC1=C[C@@]2(C)C(=CC1=O)CC[C@H]1[C@@H]3CC[C@H](C(=O)COC(=O)CC(C)O)[C@@]3(C)CC[C@@]12F. The number of esters is 1. The van der Waals surface area contributed by atoms with Gasteiger partial charge in [-0.1, -0.05) is 12.5 Å². The molecule has 8 heteroatoms. The first kappa shape index (κ1) is 26.0. The van der Waals surface area contributed by atoms with Crippen molar-refractivity contribution in [1.29, 1.82) is 0 Å². The smallest absolute Gasteiger partial charge is 0.308 e. The monoisotopic (exact) mass is 492 g/mol. The third-order valence-corrected chi connectivity index (χ3v) is 9.29. The summed E-state index contributed by atoms with van der Waals surface area (Å²) in [5.41, 5.74) is -2.06. The zero-order valence-electron chi connectivity index (χ0n) is 21.1. The van der Waals surface area contributed by atoms with E-state index in [9.17, 15) is 19.5 Å². The second-order valence-corrected chi connectivity index (χ2v) is 11.2. The van der Waals surface area contributed by atoms with Crippen LogP contribution in [0.1, 0.15) is 65.7 Å². The van der Waals surface area contributed by atoms with Gasteiger partial charge in [0, 0.05) is 18.4 Å². The Morgan fingerprint density at radius 3 is 2.63 bits per heavy atom. The van der Waals surface area contributed by atoms with Gasteiger partial charge in [0.25, 0.3) is 0 Å². The number of carbonyl (C=O) groups is 3. The second-order valence-electron chi connectivity index (χ2n) is 11.2. The Kier molecular flexibility index (Phi) is 7.01. The Morgan fingerprint density at radius 1 is 1.20 bits per heavy atom. The van der Waals surface area contributed by atoms with E-state index in [2.05, 4.69) is 6.92 Å². The summed E-state index contributed by atoms with van der Waals surface area (Å²) in [7, 11) is 1.47. The van der Waals surface area contributed by atoms with Crippen molar-refractivity contribution in [2.24, 2.45) is 28.6 Å². The number of hydrogen-bond acceptors (Lipinski definition) is 7. The highest BCUT2D eigenvalue weighted by atomic mass is 19.1. The lowest BCUT2D eigenvalue weighted by molar-refractivity contribution is -0.155. The fourth-order valence-corrected chi connectivity index (χ4v) is 7.47. The number of halogens is 1. The van der Waals surface area contributed by atoms with Crippen LogP contribution >= 0.6 is 0 Å². The number of alkyl halides is 1. The maximum atomic E-state index is 17.2. The summed E-state index contributed by atoms with van der Waals surface area (Å²) in [6.45, 7) is 5.07. The Balaban J connectivity index is 1.54. The van der Waals surface area contributed by atoms with E-state index in [1.165, 1.54) is 14.0 Å². The van der Waals surface area contributed by atoms with Gasteiger partial charge in [-0.05, 0) is 81.8 Å². The predicted octanol–water partition coefficient (Wildman–Crippen LogP) is 3.83. The summed E-state index contributed by atoms with van der Waals surface area (Å²) >= 11 is 0. The molecule has 0 aromatic rings. The molecule has 7 atom stereocenters. The molecule has 4 aliphatic rings. The van der Waals surface area contributed by atoms with Crippen molar-refractivity contribution in [3.8, 4) is 0 Å². The number of carbonyl (C=O) groups excluding carboxylic acids is 3. The van der Waals surface area contributed by atoms with Gasteiger partial charge in [0.2, 0.25) is 5.78 Å². The highest BCUT2D eigenvalue weighted by molar-refractivity contribution is 6.04. The van der Waals surface area contributed by atoms with Gasteiger partial charge in [0.1, 0.15) is 12.3 Å². The molecular weight excluding hydrogens is 455 g/mol. The maximum Gasteiger partial charge on any atom is 0.308 e. The largest absolute Gasteiger partial charge is 0.464 e. The van der Waals surface area contributed by atoms with Crippen molar-refractivity contribution in [2.75, 3.05) is 20.5 Å². The van der Waals surface area contributed by atoms with E-state index >= 15 is 4.39 Å². The molecule has 4 aliphatic carbocycles. The number of ether oxygens (including phenoxy) is 3. The zero-order valence-corrected chi connectivity index (χ0v) is 21.1. The van der Waals surface area contributed by atoms with Crippen LogP contribution in [-0.4, -0.2) is 54.9 Å². The number of aliphatic hydroxyl groups is 1. The lowest BCUT2D eigenvalue weighted by atomic mass is 9.46. The molecule has 0 radical (unpaired) electrons. The Labute approximate surface area is 206 Å². The summed E-state index contributed by atoms with van der Waals surface area (Å²) in [5, 5.41) is 9.34. The van der Waals surface area contributed by atoms with Crippen LogP contribution in [0, 0.1) is 28.6 Å². The van der Waals surface area contributed by atoms with Gasteiger partial charge < -0.3 is 19.3 Å². The average molecular weight is 493 g/mol. The molecule has 1 N–H and O–H groups in total. The molecule has 0 saturated heterocycles. The molecule has 3 saturated carbocycles. The fraction of sp³-hybridized carbons (Fsp3) is 0.741. The Bertz CT molecular complexity index is 955. The van der Waals surface area contributed by atoms with Crippen molar-refractivity contribution >= 4 is 17.5 Å². The van der Waals surface area contributed by atoms with Crippen molar-refractivity contribution in [3.05, 3.63) is 23.5 Å². The van der Waals surface area contributed by atoms with E-state index in [0.29, 0.717) is 25.7 Å². The van der Waals surface area contributed by atoms with Crippen molar-refractivity contribution in [3.63, 3.8) is 0 Å². The van der Waals surface area contributed by atoms with Gasteiger partial charge >= 0.3 is 5.97 Å². The molecule has 0 aliphatic heterocycles. The molecule has 7 nitrogen and oxygen atoms in total. The molecule has 0 aromatic carbocycles. The molecule has 0 spiro atoms. The predicted molar refractivity (Wildman–Crippen MR) is 125 cm³/mol. The van der Waals surface area contributed by atoms with Crippen LogP contribution in [0.5, 0.6) is 0 Å². The van der Waals surface area contributed by atoms with Crippen LogP contribution < -0.4 is 0 Å². The molecule has 35 heavy (non-hydrogen) atoms. The normalized spacial score (nSPS) is 38.9. The van der Waals surface area contributed by atoms with Crippen LogP contribution in [0.15, 0.2) is 23.5 Å². The molecule has 194 valence electrons. The third-order valence-electron chi connectivity index (χ3n) is 9.29. The number of rotatable bonds is 8. The number of allylic oxidation sites excluding steroid dienone is 3. The van der Waals surface area contributed by atoms with Crippen LogP contribution in [0.4, 0.5) is 4.39 Å². The summed E-state index contributed by atoms with van der Waals surface area (Å²) in [6, 6.07) is 0. The van der Waals surface area contributed by atoms with E-state index in [0.717, 1.165) is 12.0 Å². The summed E-state index contributed by atoms with van der Waals surface area (Å²) < 4.78 is 32.8. The molecule has 0 bridgehead atoms. The van der Waals surface area contributed by atoms with Crippen molar-refractivity contribution in [2.45, 2.75) is 77.5 Å². The molecular formula is C27H37FO7. The molecule has 0 amide bonds. The van der Waals surface area contributed by atoms with Gasteiger partial charge in [0.15, 0.2) is 18.3 Å². The van der Waals surface area contributed by atoms with Gasteiger partial charge in [-0.15, -0.1) is 0 Å². The number of ketones is 2. The second kappa shape index (κ2) is 9.43. The van der Waals surface area contributed by atoms with Crippen LogP contribution in [0.25, 0.3) is 0 Å². The first-order chi connectivity index (χ1) is 16.5. The van der Waals surface area contributed by atoms with E-state index in [-0.39, 0.29) is 66.7 Å². The Hall–Kier alpha value is -2.06. The van der Waals surface area contributed by atoms with Crippen LogP contribution in [0.3, 0.4) is 0 Å². The fourth-order valence-electron chi connectivity index (χ4n) is 7.47. The average Bonchev–Trinajstić information content (AvgIpc) is 3.14. The lowest BCUT2D eigenvalue weighted by Gasteiger charge is -2.60. The van der Waals surface area contributed by atoms with E-state index in [1.54, 1.807) is 12.2 Å². The molecule has 0 heterocycles. The summed E-state index contributed by atoms with van der Waals surface area (Å²) in [5.74, 6) is -1.35. The number of aliphatic hydroxyl groups excluding tert-OH is 1. The van der Waals surface area contributed by atoms with Crippen molar-refractivity contribution in [1.82, 2.24) is 0 Å². The topological polar surface area (TPSA) is 99.1 Å². The molecule has 1 unspecified atom stereocenters. The van der Waals surface area contributed by atoms with Crippen LogP contribution in [0.2, 0.25) is 0 Å². The maximum absolute atomic E-state index is 17.2. The minimum absolute atomic E-state index is 0.0242. The highest BCUT2D eigenvalue weighted by Crippen LogP contribution is 2.69. The van der Waals surface area contributed by atoms with Gasteiger partial charge in [0.05, 0.1) is 12.5 Å². The first-order valence-corrected chi connectivity index (χ1v) is 12.6. The Morgan fingerprint density at radius 2 is 1.94 bits per heavy atom. The van der Waals surface area contributed by atoms with E-state index in [1.807, 2.05) is 6.92 Å². The van der Waals surface area contributed by atoms with Gasteiger partial charge in [-0.3, -0.25) is 14.4 Å². The number of fused-ring (bicyclic) bond motifs is 5. The summed E-state index contributed by atoms with van der Waals surface area (Å²) in [6.07, 6.45) is 5.73. The minimum atomic E-state index is -1.55. The number of methoxy groups -OCH3 is 1. The number of Topliss-reactive ketones (excluding diaryl/α,β-unsaturated/α-hetero) is 1. The highest BCUT2D eigenvalue weighted by Gasteiger charge is 2.67. The zero-order chi connectivity index (χ0) is 25.6. The quantitative estimate of drug-likeness (QED) is 0.406.